The molecule has 2 aromatic rings. The number of nitrogens with two attached hydrogens (primary N) is 1. The number of Topliss-reactive ketones (excluding diaryl/α,β-unsaturated/α-hetero) is 2. The summed E-state index contributed by atoms with van der Waals surface area (Å²) in [5.74, 6) is -5.71. The molecule has 1 amide bonds. The third-order valence-electron chi connectivity index (χ3n) is 7.47. The molecule has 0 bridgehead atoms. The summed E-state index contributed by atoms with van der Waals surface area (Å²) in [6.07, 6.45) is 4.13. The number of benzene rings is 1. The second-order valence-corrected chi connectivity index (χ2v) is 9.69. The van der Waals surface area contributed by atoms with Crippen LogP contribution in [-0.4, -0.2) is 67.6 Å². The lowest BCUT2D eigenvalue weighted by Crippen LogP contribution is -2.53. The number of aliphatic hydroxyl groups excluding tert-OH is 2. The van der Waals surface area contributed by atoms with E-state index < -0.39 is 58.4 Å². The van der Waals surface area contributed by atoms with E-state index in [1.54, 1.807) is 43.0 Å². The highest BCUT2D eigenvalue weighted by molar-refractivity contribution is 6.22. The van der Waals surface area contributed by atoms with Crippen molar-refractivity contribution in [3.63, 3.8) is 0 Å². The number of carbonyl (C=O) groups excluding carboxylic acids is 3. The molecule has 4 atom stereocenters. The van der Waals surface area contributed by atoms with E-state index in [0.29, 0.717) is 18.4 Å². The normalized spacial score (nSPS) is 26.1. The van der Waals surface area contributed by atoms with Crippen molar-refractivity contribution in [1.82, 2.24) is 14.7 Å². The Balaban J connectivity index is 1.69. The molecule has 182 valence electrons. The zero-order chi connectivity index (χ0) is 25.3. The van der Waals surface area contributed by atoms with Crippen molar-refractivity contribution >= 4 is 17.5 Å². The van der Waals surface area contributed by atoms with Gasteiger partial charge >= 0.3 is 0 Å². The van der Waals surface area contributed by atoms with Crippen LogP contribution < -0.4 is 5.73 Å². The average molecular weight is 479 g/mol. The van der Waals surface area contributed by atoms with E-state index >= 15 is 0 Å². The number of carbonyl (C=O) groups is 3. The number of amides is 1. The Morgan fingerprint density at radius 1 is 1.17 bits per heavy atom. The first-order valence-electron chi connectivity index (χ1n) is 11.3. The molecule has 10 nitrogen and oxygen atoms in total. The van der Waals surface area contributed by atoms with E-state index in [-0.39, 0.29) is 16.9 Å². The van der Waals surface area contributed by atoms with Gasteiger partial charge in [-0.2, -0.15) is 5.10 Å². The summed E-state index contributed by atoms with van der Waals surface area (Å²) in [5, 5.41) is 36.9. The molecule has 0 saturated heterocycles. The largest absolute Gasteiger partial charge is 0.511 e. The van der Waals surface area contributed by atoms with Gasteiger partial charge in [-0.05, 0) is 56.0 Å². The molecular formula is C25H26N4O6. The third kappa shape index (κ3) is 3.20. The van der Waals surface area contributed by atoms with Crippen molar-refractivity contribution in [2.45, 2.75) is 18.9 Å². The maximum absolute atomic E-state index is 13.7. The number of hydrogen-bond donors (Lipinski definition) is 4. The Bertz CT molecular complexity index is 1370. The fourth-order valence-corrected chi connectivity index (χ4v) is 6.10. The summed E-state index contributed by atoms with van der Waals surface area (Å²) < 4.78 is 1.64. The van der Waals surface area contributed by atoms with Crippen molar-refractivity contribution in [1.29, 1.82) is 0 Å². The van der Waals surface area contributed by atoms with E-state index in [9.17, 15) is 29.7 Å². The Morgan fingerprint density at radius 3 is 2.49 bits per heavy atom. The molecule has 3 unspecified atom stereocenters. The van der Waals surface area contributed by atoms with Gasteiger partial charge in [-0.25, -0.2) is 0 Å². The van der Waals surface area contributed by atoms with Crippen LogP contribution in [0.15, 0.2) is 47.2 Å². The molecule has 0 fully saturated rings. The van der Waals surface area contributed by atoms with Crippen LogP contribution in [0.5, 0.6) is 5.75 Å². The minimum absolute atomic E-state index is 0.0634. The Kier molecular flexibility index (Phi) is 5.10. The molecular weight excluding hydrogens is 452 g/mol. The highest BCUT2D eigenvalue weighted by atomic mass is 16.3. The van der Waals surface area contributed by atoms with E-state index in [2.05, 4.69) is 5.10 Å². The summed E-state index contributed by atoms with van der Waals surface area (Å²) in [7, 11) is 5.18. The quantitative estimate of drug-likeness (QED) is 0.482. The molecule has 10 heteroatoms. The molecule has 3 aliphatic carbocycles. The number of hydrogen-bond acceptors (Lipinski definition) is 8. The van der Waals surface area contributed by atoms with Crippen molar-refractivity contribution in [3.05, 3.63) is 58.3 Å². The summed E-state index contributed by atoms with van der Waals surface area (Å²) in [5.41, 5.74) is 7.17. The summed E-state index contributed by atoms with van der Waals surface area (Å²) in [6, 6.07) is 2.42. The Labute approximate surface area is 201 Å². The number of allylic oxidation sites excluding steroid dienone is 2. The predicted molar refractivity (Wildman–Crippen MR) is 124 cm³/mol. The standard InChI is InChI=1S/C25H26N4O6/c1-28(2)20-14-7-10-6-13-12(11-8-27-29(3)9-11)4-5-15(30)17(13)21(31)16(10)22(32)18(14)23(33)19(24(20)34)25(26)35/h4-5,8-10,14,18,20,30,32,34H,6-7H2,1-3H3,(H2,26,35)/t10?,14?,18?,20-/m0/s1. The lowest BCUT2D eigenvalue weighted by atomic mass is 9.60. The number of aromatic hydroxyl groups is 1. The Hall–Kier alpha value is -3.92. The average Bonchev–Trinajstić information content (AvgIpc) is 3.18. The minimum atomic E-state index is -1.19. The summed E-state index contributed by atoms with van der Waals surface area (Å²) >= 11 is 0. The number of likely N-dealkylation sites (N-methyl/N-ethyl adjacent to an activating group) is 1. The van der Waals surface area contributed by atoms with Gasteiger partial charge in [0.25, 0.3) is 5.91 Å². The first-order chi connectivity index (χ1) is 16.5. The predicted octanol–water partition coefficient (Wildman–Crippen LogP) is 1.41. The van der Waals surface area contributed by atoms with Gasteiger partial charge in [-0.15, -0.1) is 0 Å². The van der Waals surface area contributed by atoms with Crippen LogP contribution in [0.4, 0.5) is 0 Å². The molecule has 0 spiro atoms. The number of aryl methyl sites for hydroxylation is 1. The van der Waals surface area contributed by atoms with Gasteiger partial charge in [0.05, 0.1) is 23.7 Å². The maximum atomic E-state index is 13.7. The van der Waals surface area contributed by atoms with Crippen molar-refractivity contribution in [2.24, 2.45) is 30.5 Å². The molecule has 0 saturated carbocycles. The first kappa shape index (κ1) is 22.9. The molecule has 1 heterocycles. The summed E-state index contributed by atoms with van der Waals surface area (Å²) in [4.78, 5) is 40.6. The van der Waals surface area contributed by atoms with Gasteiger partial charge < -0.3 is 21.1 Å². The van der Waals surface area contributed by atoms with Crippen LogP contribution in [0.1, 0.15) is 22.3 Å². The number of primary amides is 1. The lowest BCUT2D eigenvalue weighted by molar-refractivity contribution is -0.127. The van der Waals surface area contributed by atoms with Gasteiger partial charge in [-0.3, -0.25) is 24.0 Å². The van der Waals surface area contributed by atoms with Crippen LogP contribution in [0.25, 0.3) is 11.1 Å². The minimum Gasteiger partial charge on any atom is -0.511 e. The second-order valence-electron chi connectivity index (χ2n) is 9.69. The van der Waals surface area contributed by atoms with Crippen LogP contribution in [0.2, 0.25) is 0 Å². The van der Waals surface area contributed by atoms with E-state index in [1.807, 2.05) is 6.20 Å². The van der Waals surface area contributed by atoms with E-state index in [1.165, 1.54) is 6.07 Å². The number of fused-ring (bicyclic) bond motifs is 3. The van der Waals surface area contributed by atoms with Gasteiger partial charge in [0, 0.05) is 24.4 Å². The van der Waals surface area contributed by atoms with E-state index in [4.69, 9.17) is 5.73 Å². The number of rotatable bonds is 3. The zero-order valence-corrected chi connectivity index (χ0v) is 19.5. The van der Waals surface area contributed by atoms with Gasteiger partial charge in [0.2, 0.25) is 0 Å². The van der Waals surface area contributed by atoms with Crippen molar-refractivity contribution in [3.8, 4) is 16.9 Å². The fourth-order valence-electron chi connectivity index (χ4n) is 6.10. The topological polar surface area (TPSA) is 159 Å². The number of aromatic nitrogens is 2. The fraction of sp³-hybridized carbons (Fsp3) is 0.360. The first-order valence-corrected chi connectivity index (χ1v) is 11.3. The molecule has 5 rings (SSSR count). The SMILES string of the molecule is CN(C)[C@@H]1C(O)=C(C(N)=O)C(=O)C2C(O)=C3C(=O)c4c(O)ccc(-c5cnn(C)c5)c4CC3CC21. The van der Waals surface area contributed by atoms with Crippen molar-refractivity contribution < 1.29 is 29.7 Å². The highest BCUT2D eigenvalue weighted by Crippen LogP contribution is 2.51. The smallest absolute Gasteiger partial charge is 0.255 e. The Morgan fingerprint density at radius 2 is 1.89 bits per heavy atom. The third-order valence-corrected chi connectivity index (χ3v) is 7.47. The van der Waals surface area contributed by atoms with E-state index in [0.717, 1.165) is 11.1 Å². The maximum Gasteiger partial charge on any atom is 0.255 e. The second kappa shape index (κ2) is 7.81. The number of ketones is 2. The lowest BCUT2D eigenvalue weighted by Gasteiger charge is -2.46. The molecule has 3 aliphatic rings. The zero-order valence-electron chi connectivity index (χ0n) is 19.5. The van der Waals surface area contributed by atoms with Crippen LogP contribution in [-0.2, 0) is 23.1 Å². The van der Waals surface area contributed by atoms with Crippen LogP contribution in [0, 0.1) is 17.8 Å². The number of aliphatic hydroxyl groups is 2. The number of nitrogens with zero attached hydrogens (tertiary/aromatic N) is 3. The molecule has 35 heavy (non-hydrogen) atoms. The number of phenolic OH excluding ortho intramolecular Hbond substituents is 1. The molecule has 0 radical (unpaired) electrons. The molecule has 1 aromatic heterocycles. The van der Waals surface area contributed by atoms with Crippen molar-refractivity contribution in [2.75, 3.05) is 14.1 Å². The highest BCUT2D eigenvalue weighted by Gasteiger charge is 2.54. The molecule has 1 aromatic carbocycles. The monoisotopic (exact) mass is 478 g/mol. The molecule has 0 aliphatic heterocycles. The van der Waals surface area contributed by atoms with Gasteiger partial charge in [-0.1, -0.05) is 6.07 Å². The van der Waals surface area contributed by atoms with Crippen LogP contribution >= 0.6 is 0 Å². The summed E-state index contributed by atoms with van der Waals surface area (Å²) in [6.45, 7) is 0. The number of phenols is 1. The van der Waals surface area contributed by atoms with Crippen LogP contribution in [0.3, 0.4) is 0 Å². The molecule has 5 N–H and O–H groups in total. The van der Waals surface area contributed by atoms with Gasteiger partial charge in [0.15, 0.2) is 11.6 Å². The van der Waals surface area contributed by atoms with Gasteiger partial charge in [0.1, 0.15) is 22.8 Å².